The van der Waals surface area contributed by atoms with E-state index in [9.17, 15) is 36.3 Å². The second-order valence-electron chi connectivity index (χ2n) is 8.36. The Bertz CT molecular complexity index is 1400. The van der Waals surface area contributed by atoms with Gasteiger partial charge in [-0.2, -0.15) is 13.2 Å². The first-order valence-corrected chi connectivity index (χ1v) is 11.2. The lowest BCUT2D eigenvalue weighted by Crippen LogP contribution is -2.46. The first-order valence-electron chi connectivity index (χ1n) is 11.2. The highest BCUT2D eigenvalue weighted by Gasteiger charge is 2.39. The summed E-state index contributed by atoms with van der Waals surface area (Å²) in [6.07, 6.45) is -2.62. The van der Waals surface area contributed by atoms with Crippen LogP contribution in [0.4, 0.5) is 27.8 Å². The molecule has 0 unspecified atom stereocenters. The third kappa shape index (κ3) is 4.79. The normalized spacial score (nSPS) is 15.3. The van der Waals surface area contributed by atoms with Crippen molar-refractivity contribution >= 4 is 28.7 Å². The number of piperidine rings is 1. The summed E-state index contributed by atoms with van der Waals surface area (Å²) in [5, 5.41) is 1.60. The van der Waals surface area contributed by atoms with Crippen molar-refractivity contribution in [3.05, 3.63) is 63.9 Å². The highest BCUT2D eigenvalue weighted by Crippen LogP contribution is 2.26. The maximum absolute atomic E-state index is 14.8. The molecule has 2 amide bonds. The van der Waals surface area contributed by atoms with Crippen LogP contribution in [0, 0.1) is 11.6 Å². The Labute approximate surface area is 201 Å². The molecule has 1 saturated heterocycles. The molecular formula is C24H21F5N4O3. The zero-order chi connectivity index (χ0) is 26.2. The number of anilines is 1. The lowest BCUT2D eigenvalue weighted by molar-refractivity contribution is -0.153. The number of fused-ring (bicyclic) bond motifs is 1. The van der Waals surface area contributed by atoms with E-state index in [1.165, 1.54) is 24.0 Å². The first kappa shape index (κ1) is 25.3. The van der Waals surface area contributed by atoms with E-state index in [-0.39, 0.29) is 28.4 Å². The number of aromatic nitrogens is 2. The predicted octanol–water partition coefficient (Wildman–Crippen LogP) is 4.25. The molecule has 3 heterocycles. The number of rotatable bonds is 5. The number of halogens is 5. The number of amides is 2. The van der Waals surface area contributed by atoms with E-state index in [1.807, 2.05) is 0 Å². The topological polar surface area (TPSA) is 84.3 Å². The van der Waals surface area contributed by atoms with Crippen molar-refractivity contribution in [2.24, 2.45) is 0 Å². The van der Waals surface area contributed by atoms with Gasteiger partial charge in [0.1, 0.15) is 29.1 Å². The van der Waals surface area contributed by atoms with E-state index in [0.717, 1.165) is 29.3 Å². The van der Waals surface area contributed by atoms with Crippen molar-refractivity contribution in [1.82, 2.24) is 14.9 Å². The number of carbonyl (C=O) groups is 2. The molecule has 1 atom stereocenters. The molecule has 7 nitrogen and oxygen atoms in total. The minimum absolute atomic E-state index is 0.152. The Morgan fingerprint density at radius 2 is 1.89 bits per heavy atom. The zero-order valence-corrected chi connectivity index (χ0v) is 19.0. The van der Waals surface area contributed by atoms with E-state index in [0.29, 0.717) is 25.5 Å². The Morgan fingerprint density at radius 3 is 2.53 bits per heavy atom. The Kier molecular flexibility index (Phi) is 6.79. The first-order chi connectivity index (χ1) is 17.0. The van der Waals surface area contributed by atoms with Crippen molar-refractivity contribution in [2.75, 3.05) is 11.4 Å². The average Bonchev–Trinajstić information content (AvgIpc) is 2.82. The number of pyridine rings is 2. The molecule has 190 valence electrons. The van der Waals surface area contributed by atoms with Crippen molar-refractivity contribution in [1.29, 1.82) is 0 Å². The van der Waals surface area contributed by atoms with Gasteiger partial charge < -0.3 is 5.32 Å². The van der Waals surface area contributed by atoms with Crippen LogP contribution in [0.3, 0.4) is 0 Å². The minimum Gasteiger partial charge on any atom is -0.340 e. The summed E-state index contributed by atoms with van der Waals surface area (Å²) in [5.74, 6) is -3.26. The summed E-state index contributed by atoms with van der Waals surface area (Å²) < 4.78 is 68.9. The molecule has 0 radical (unpaired) electrons. The molecule has 12 heteroatoms. The number of alkyl halides is 3. The van der Waals surface area contributed by atoms with Crippen LogP contribution >= 0.6 is 0 Å². The molecule has 3 aromatic rings. The summed E-state index contributed by atoms with van der Waals surface area (Å²) in [4.78, 5) is 44.0. The largest absolute Gasteiger partial charge is 0.408 e. The summed E-state index contributed by atoms with van der Waals surface area (Å²) in [5.41, 5.74) is -2.06. The van der Waals surface area contributed by atoms with Gasteiger partial charge in [0, 0.05) is 25.2 Å². The monoisotopic (exact) mass is 508 g/mol. The van der Waals surface area contributed by atoms with Crippen LogP contribution < -0.4 is 15.6 Å². The molecule has 1 fully saturated rings. The molecule has 2 aromatic heterocycles. The third-order valence-corrected chi connectivity index (χ3v) is 5.96. The molecular weight excluding hydrogens is 487 g/mol. The molecule has 0 spiro atoms. The van der Waals surface area contributed by atoms with Gasteiger partial charge in [0.15, 0.2) is 5.65 Å². The maximum Gasteiger partial charge on any atom is 0.408 e. The van der Waals surface area contributed by atoms with Gasteiger partial charge in [-0.05, 0) is 43.5 Å². The van der Waals surface area contributed by atoms with Crippen LogP contribution in [-0.4, -0.2) is 40.1 Å². The van der Waals surface area contributed by atoms with Crippen LogP contribution in [0.2, 0.25) is 0 Å². The Hall–Kier alpha value is -3.83. The summed E-state index contributed by atoms with van der Waals surface area (Å²) >= 11 is 0. The molecule has 1 N–H and O–H groups in total. The number of carbonyl (C=O) groups excluding carboxylic acids is 2. The molecule has 1 aliphatic heterocycles. The smallest absolute Gasteiger partial charge is 0.340 e. The number of nitrogens with zero attached hydrogens (tertiary/aromatic N) is 3. The third-order valence-electron chi connectivity index (χ3n) is 5.96. The highest BCUT2D eigenvalue weighted by molar-refractivity contribution is 5.98. The van der Waals surface area contributed by atoms with E-state index in [1.54, 1.807) is 5.32 Å². The second kappa shape index (κ2) is 9.67. The van der Waals surface area contributed by atoms with Crippen LogP contribution in [-0.2, 0) is 4.79 Å². The van der Waals surface area contributed by atoms with Crippen LogP contribution in [0.15, 0.2) is 41.3 Å². The second-order valence-corrected chi connectivity index (χ2v) is 8.36. The van der Waals surface area contributed by atoms with Gasteiger partial charge in [0.05, 0.1) is 11.1 Å². The molecule has 1 aliphatic rings. The van der Waals surface area contributed by atoms with Gasteiger partial charge in [-0.25, -0.2) is 13.8 Å². The summed E-state index contributed by atoms with van der Waals surface area (Å²) in [6, 6.07) is 3.01. The average molecular weight is 508 g/mol. The summed E-state index contributed by atoms with van der Waals surface area (Å²) in [7, 11) is 0. The van der Waals surface area contributed by atoms with Crippen LogP contribution in [0.25, 0.3) is 16.7 Å². The Balaban J connectivity index is 1.92. The van der Waals surface area contributed by atoms with Crippen LogP contribution in [0.5, 0.6) is 0 Å². The maximum atomic E-state index is 14.8. The van der Waals surface area contributed by atoms with Gasteiger partial charge in [0.2, 0.25) is 11.3 Å². The number of hydrogen-bond donors (Lipinski definition) is 1. The number of benzene rings is 1. The summed E-state index contributed by atoms with van der Waals surface area (Å²) in [6.45, 7) is 1.60. The van der Waals surface area contributed by atoms with Gasteiger partial charge in [0.25, 0.3) is 5.91 Å². The fourth-order valence-electron chi connectivity index (χ4n) is 4.07. The molecule has 0 saturated carbocycles. The van der Waals surface area contributed by atoms with Crippen molar-refractivity contribution < 1.29 is 31.5 Å². The number of hydrogen-bond acceptors (Lipinski definition) is 4. The van der Waals surface area contributed by atoms with E-state index in [2.05, 4.69) is 4.98 Å². The predicted molar refractivity (Wildman–Crippen MR) is 121 cm³/mol. The van der Waals surface area contributed by atoms with Crippen LogP contribution in [0.1, 0.15) is 43.0 Å². The van der Waals surface area contributed by atoms with Crippen molar-refractivity contribution in [3.8, 4) is 5.69 Å². The minimum atomic E-state index is -4.75. The quantitative estimate of drug-likeness (QED) is 0.523. The SMILES string of the molecule is CC[C@@H](NC(=O)c1cn(-c2ccc(F)cc2F)c2nc(N3CCCCC3=O)ccc2c1=O)C(F)(F)F. The van der Waals surface area contributed by atoms with E-state index < -0.39 is 47.2 Å². The van der Waals surface area contributed by atoms with Gasteiger partial charge in [-0.3, -0.25) is 23.9 Å². The fourth-order valence-corrected chi connectivity index (χ4v) is 4.07. The van der Waals surface area contributed by atoms with Gasteiger partial charge >= 0.3 is 6.18 Å². The molecule has 0 aliphatic carbocycles. The van der Waals surface area contributed by atoms with Crippen molar-refractivity contribution in [3.63, 3.8) is 0 Å². The van der Waals surface area contributed by atoms with Gasteiger partial charge in [-0.15, -0.1) is 0 Å². The standard InChI is InChI=1S/C24H21F5N4O3/c1-2-18(24(27,28)29)30-23(36)15-12-33(17-8-6-13(25)11-16(17)26)22-14(21(15)35)7-9-19(31-22)32-10-4-3-5-20(32)34/h6-9,11-12,18H,2-5,10H2,1H3,(H,30,36)/t18-/m1/s1. The fraction of sp³-hybridized carbons (Fsp3) is 0.333. The van der Waals surface area contributed by atoms with E-state index >= 15 is 0 Å². The molecule has 0 bridgehead atoms. The lowest BCUT2D eigenvalue weighted by atomic mass is 10.1. The zero-order valence-electron chi connectivity index (χ0n) is 19.0. The molecule has 36 heavy (non-hydrogen) atoms. The highest BCUT2D eigenvalue weighted by atomic mass is 19.4. The molecule has 4 rings (SSSR count). The Morgan fingerprint density at radius 1 is 1.14 bits per heavy atom. The lowest BCUT2D eigenvalue weighted by Gasteiger charge is -2.26. The van der Waals surface area contributed by atoms with Crippen molar-refractivity contribution in [2.45, 2.75) is 44.8 Å². The van der Waals surface area contributed by atoms with Gasteiger partial charge in [-0.1, -0.05) is 6.92 Å². The number of nitrogens with one attached hydrogen (secondary N) is 1. The van der Waals surface area contributed by atoms with E-state index in [4.69, 9.17) is 0 Å². The molecule has 1 aromatic carbocycles.